The van der Waals surface area contributed by atoms with E-state index in [4.69, 9.17) is 0 Å². The maximum absolute atomic E-state index is 13.7. The normalized spacial score (nSPS) is 10.8. The summed E-state index contributed by atoms with van der Waals surface area (Å²) in [4.78, 5) is 4.13. The van der Waals surface area contributed by atoms with Gasteiger partial charge in [-0.15, -0.1) is 0 Å². The Kier molecular flexibility index (Phi) is 3.54. The smallest absolute Gasteiger partial charge is 0.128 e. The Balaban J connectivity index is 2.25. The van der Waals surface area contributed by atoms with Gasteiger partial charge in [0.2, 0.25) is 0 Å². The quantitative estimate of drug-likeness (QED) is 0.876. The number of imidazole rings is 1. The lowest BCUT2D eigenvalue weighted by molar-refractivity contribution is 0.595. The van der Waals surface area contributed by atoms with Gasteiger partial charge in [-0.3, -0.25) is 0 Å². The minimum atomic E-state index is -0.169. The number of nitrogens with one attached hydrogen (secondary N) is 1. The molecule has 0 spiro atoms. The maximum atomic E-state index is 13.7. The van der Waals surface area contributed by atoms with Crippen LogP contribution in [0.25, 0.3) is 0 Å². The second-order valence-electron chi connectivity index (χ2n) is 4.06. The van der Waals surface area contributed by atoms with Gasteiger partial charge >= 0.3 is 0 Å². The minimum Gasteiger partial charge on any atom is -0.331 e. The van der Waals surface area contributed by atoms with E-state index >= 15 is 0 Å². The molecule has 0 aliphatic heterocycles. The summed E-state index contributed by atoms with van der Waals surface area (Å²) in [6.07, 6.45) is 3.59. The zero-order valence-corrected chi connectivity index (χ0v) is 10.1. The van der Waals surface area contributed by atoms with E-state index < -0.39 is 0 Å². The number of aromatic nitrogens is 2. The largest absolute Gasteiger partial charge is 0.331 e. The van der Waals surface area contributed by atoms with Crippen LogP contribution in [0.15, 0.2) is 30.6 Å². The summed E-state index contributed by atoms with van der Waals surface area (Å²) in [5, 5.41) is 3.06. The lowest BCUT2D eigenvalue weighted by atomic mass is 10.1. The molecule has 1 N–H and O–H groups in total. The molecule has 4 heteroatoms. The van der Waals surface area contributed by atoms with E-state index in [1.807, 2.05) is 30.8 Å². The molecule has 0 aliphatic rings. The molecule has 0 amide bonds. The Morgan fingerprint density at radius 3 is 2.88 bits per heavy atom. The van der Waals surface area contributed by atoms with Gasteiger partial charge in [-0.25, -0.2) is 9.37 Å². The molecule has 0 unspecified atom stereocenters. The molecule has 90 valence electrons. The third kappa shape index (κ3) is 2.71. The Morgan fingerprint density at radius 2 is 2.24 bits per heavy atom. The van der Waals surface area contributed by atoms with Crippen LogP contribution in [0.3, 0.4) is 0 Å². The van der Waals surface area contributed by atoms with Gasteiger partial charge in [-0.2, -0.15) is 0 Å². The summed E-state index contributed by atoms with van der Waals surface area (Å²) in [6, 6.07) is 5.22. The van der Waals surface area contributed by atoms with Gasteiger partial charge in [0.25, 0.3) is 0 Å². The number of benzene rings is 1. The number of aryl methyl sites for hydroxylation is 1. The molecule has 0 fully saturated rings. The molecule has 1 aromatic carbocycles. The molecule has 2 rings (SSSR count). The topological polar surface area (TPSA) is 29.9 Å². The first-order chi connectivity index (χ1) is 8.20. The van der Waals surface area contributed by atoms with Crippen molar-refractivity contribution in [2.75, 3.05) is 7.05 Å². The van der Waals surface area contributed by atoms with E-state index in [0.29, 0.717) is 12.1 Å². The highest BCUT2D eigenvalue weighted by Gasteiger charge is 2.05. The van der Waals surface area contributed by atoms with Crippen LogP contribution in [0, 0.1) is 12.7 Å². The third-order valence-corrected chi connectivity index (χ3v) is 2.76. The molecule has 1 aromatic heterocycles. The van der Waals surface area contributed by atoms with E-state index in [1.54, 1.807) is 12.3 Å². The standard InChI is InChI=1S/C13H16FN3/c1-10-16-5-6-17(10)9-12-7-11(8-15-2)3-4-13(12)14/h3-7,15H,8-9H2,1-2H3. The summed E-state index contributed by atoms with van der Waals surface area (Å²) < 4.78 is 15.6. The van der Waals surface area contributed by atoms with Crippen molar-refractivity contribution in [1.82, 2.24) is 14.9 Å². The molecule has 2 aromatic rings. The zero-order chi connectivity index (χ0) is 12.3. The molecule has 0 saturated carbocycles. The molecule has 0 atom stereocenters. The van der Waals surface area contributed by atoms with Crippen molar-refractivity contribution in [1.29, 1.82) is 0 Å². The van der Waals surface area contributed by atoms with E-state index in [1.165, 1.54) is 6.07 Å². The molecule has 0 aliphatic carbocycles. The molecule has 3 nitrogen and oxygen atoms in total. The minimum absolute atomic E-state index is 0.169. The Morgan fingerprint density at radius 1 is 1.41 bits per heavy atom. The number of hydrogen-bond donors (Lipinski definition) is 1. The first kappa shape index (κ1) is 11.8. The molecular formula is C13H16FN3. The van der Waals surface area contributed by atoms with Gasteiger partial charge in [0.15, 0.2) is 0 Å². The molecular weight excluding hydrogens is 217 g/mol. The highest BCUT2D eigenvalue weighted by atomic mass is 19.1. The van der Waals surface area contributed by atoms with E-state index in [2.05, 4.69) is 10.3 Å². The number of halogens is 1. The van der Waals surface area contributed by atoms with Crippen LogP contribution in [0.4, 0.5) is 4.39 Å². The number of rotatable bonds is 4. The monoisotopic (exact) mass is 233 g/mol. The van der Waals surface area contributed by atoms with Crippen LogP contribution < -0.4 is 5.32 Å². The van der Waals surface area contributed by atoms with E-state index in [-0.39, 0.29) is 5.82 Å². The summed E-state index contributed by atoms with van der Waals surface area (Å²) in [7, 11) is 1.88. The van der Waals surface area contributed by atoms with Gasteiger partial charge in [0, 0.05) is 24.5 Å². The molecule has 0 bridgehead atoms. The van der Waals surface area contributed by atoms with Crippen molar-refractivity contribution < 1.29 is 4.39 Å². The molecule has 0 saturated heterocycles. The fourth-order valence-corrected chi connectivity index (χ4v) is 1.82. The lowest BCUT2D eigenvalue weighted by Crippen LogP contribution is -2.08. The number of nitrogens with zero attached hydrogens (tertiary/aromatic N) is 2. The first-order valence-electron chi connectivity index (χ1n) is 5.60. The fraction of sp³-hybridized carbons (Fsp3) is 0.308. The Hall–Kier alpha value is -1.68. The van der Waals surface area contributed by atoms with Crippen LogP contribution in [0.5, 0.6) is 0 Å². The van der Waals surface area contributed by atoms with Crippen molar-refractivity contribution in [2.45, 2.75) is 20.0 Å². The third-order valence-electron chi connectivity index (χ3n) is 2.76. The van der Waals surface area contributed by atoms with Gasteiger partial charge in [0.1, 0.15) is 11.6 Å². The van der Waals surface area contributed by atoms with Gasteiger partial charge in [-0.05, 0) is 31.7 Å². The Bertz CT molecular complexity index is 505. The first-order valence-corrected chi connectivity index (χ1v) is 5.60. The van der Waals surface area contributed by atoms with Crippen molar-refractivity contribution >= 4 is 0 Å². The zero-order valence-electron chi connectivity index (χ0n) is 10.1. The SMILES string of the molecule is CNCc1ccc(F)c(Cn2ccnc2C)c1. The van der Waals surface area contributed by atoms with Gasteiger partial charge < -0.3 is 9.88 Å². The molecule has 0 radical (unpaired) electrons. The van der Waals surface area contributed by atoms with E-state index in [0.717, 1.165) is 17.9 Å². The summed E-state index contributed by atoms with van der Waals surface area (Å²) in [5.41, 5.74) is 1.78. The average molecular weight is 233 g/mol. The average Bonchev–Trinajstić information content (AvgIpc) is 2.70. The van der Waals surface area contributed by atoms with Crippen LogP contribution >= 0.6 is 0 Å². The molecule has 1 heterocycles. The van der Waals surface area contributed by atoms with Crippen LogP contribution in [0.2, 0.25) is 0 Å². The maximum Gasteiger partial charge on any atom is 0.128 e. The van der Waals surface area contributed by atoms with Gasteiger partial charge in [-0.1, -0.05) is 6.07 Å². The van der Waals surface area contributed by atoms with Crippen LogP contribution in [-0.2, 0) is 13.1 Å². The van der Waals surface area contributed by atoms with Crippen molar-refractivity contribution in [3.8, 4) is 0 Å². The van der Waals surface area contributed by atoms with Crippen LogP contribution in [-0.4, -0.2) is 16.6 Å². The highest BCUT2D eigenvalue weighted by Crippen LogP contribution is 2.13. The van der Waals surface area contributed by atoms with Gasteiger partial charge in [0.05, 0.1) is 6.54 Å². The fourth-order valence-electron chi connectivity index (χ4n) is 1.82. The molecule has 17 heavy (non-hydrogen) atoms. The highest BCUT2D eigenvalue weighted by molar-refractivity contribution is 5.25. The summed E-state index contributed by atoms with van der Waals surface area (Å²) >= 11 is 0. The predicted molar refractivity (Wildman–Crippen MR) is 65.2 cm³/mol. The second kappa shape index (κ2) is 5.10. The van der Waals surface area contributed by atoms with Crippen molar-refractivity contribution in [3.63, 3.8) is 0 Å². The van der Waals surface area contributed by atoms with Crippen molar-refractivity contribution in [3.05, 3.63) is 53.4 Å². The lowest BCUT2D eigenvalue weighted by Gasteiger charge is -2.08. The number of hydrogen-bond acceptors (Lipinski definition) is 2. The van der Waals surface area contributed by atoms with Crippen molar-refractivity contribution in [2.24, 2.45) is 0 Å². The summed E-state index contributed by atoms with van der Waals surface area (Å²) in [5.74, 6) is 0.723. The van der Waals surface area contributed by atoms with E-state index in [9.17, 15) is 4.39 Å². The van der Waals surface area contributed by atoms with Crippen LogP contribution in [0.1, 0.15) is 17.0 Å². The second-order valence-corrected chi connectivity index (χ2v) is 4.06. The Labute approximate surface area is 100 Å². The predicted octanol–water partition coefficient (Wildman–Crippen LogP) is 2.10. The summed E-state index contributed by atoms with van der Waals surface area (Å²) in [6.45, 7) is 3.18.